The van der Waals surface area contributed by atoms with E-state index in [1.54, 1.807) is 18.7 Å². The minimum absolute atomic E-state index is 0. The Morgan fingerprint density at radius 2 is 1.53 bits per heavy atom. The topological polar surface area (TPSA) is 32.8 Å². The van der Waals surface area contributed by atoms with Gasteiger partial charge in [0.05, 0.1) is 19.0 Å². The molecule has 6 heteroatoms. The summed E-state index contributed by atoms with van der Waals surface area (Å²) in [6, 6.07) is 14.9. The van der Waals surface area contributed by atoms with Gasteiger partial charge in [0.1, 0.15) is 5.75 Å². The fraction of sp³-hybridized carbons (Fsp3) is 0.595. The van der Waals surface area contributed by atoms with Crippen molar-refractivity contribution in [1.82, 2.24) is 4.90 Å². The third kappa shape index (κ3) is 13.7. The molecule has 0 saturated carbocycles. The van der Waals surface area contributed by atoms with E-state index < -0.39 is 0 Å². The van der Waals surface area contributed by atoms with Crippen LogP contribution in [0.1, 0.15) is 128 Å². The van der Waals surface area contributed by atoms with Crippen molar-refractivity contribution in [3.05, 3.63) is 70.8 Å². The van der Waals surface area contributed by atoms with Gasteiger partial charge < -0.3 is 14.5 Å². The van der Waals surface area contributed by atoms with Gasteiger partial charge in [-0.15, -0.1) is 28.7 Å². The van der Waals surface area contributed by atoms with Crippen molar-refractivity contribution in [1.29, 1.82) is 0 Å². The van der Waals surface area contributed by atoms with Gasteiger partial charge in [0.25, 0.3) is 0 Å². The van der Waals surface area contributed by atoms with Crippen molar-refractivity contribution in [2.45, 2.75) is 130 Å². The Morgan fingerprint density at radius 3 is 2.12 bits per heavy atom. The number of carbonyl (C=O) groups excluding carboxylic acids is 1. The number of thioether (sulfide) groups is 1. The minimum atomic E-state index is -0.0126. The highest BCUT2D eigenvalue weighted by molar-refractivity contribution is 8.93. The van der Waals surface area contributed by atoms with Gasteiger partial charge in [0.2, 0.25) is 5.91 Å². The quantitative estimate of drug-likeness (QED) is 0.139. The van der Waals surface area contributed by atoms with Crippen LogP contribution in [0.2, 0.25) is 0 Å². The van der Waals surface area contributed by atoms with Crippen LogP contribution in [0.5, 0.6) is 5.75 Å². The van der Waals surface area contributed by atoms with Crippen LogP contribution in [0.4, 0.5) is 5.69 Å². The third-order valence-electron chi connectivity index (χ3n) is 8.05. The van der Waals surface area contributed by atoms with E-state index >= 15 is 0 Å². The molecule has 0 radical (unpaired) electrons. The maximum absolute atomic E-state index is 12.8. The van der Waals surface area contributed by atoms with Crippen molar-refractivity contribution in [3.8, 4) is 5.75 Å². The van der Waals surface area contributed by atoms with E-state index in [4.69, 9.17) is 4.74 Å². The van der Waals surface area contributed by atoms with Gasteiger partial charge >= 0.3 is 0 Å². The highest BCUT2D eigenvalue weighted by Crippen LogP contribution is 2.33. The maximum atomic E-state index is 12.8. The molecule has 0 fully saturated rings. The molecule has 240 valence electrons. The van der Waals surface area contributed by atoms with E-state index in [0.717, 1.165) is 42.4 Å². The maximum Gasteiger partial charge on any atom is 0.224 e. The van der Waals surface area contributed by atoms with Gasteiger partial charge in [0.15, 0.2) is 0 Å². The molecule has 0 aromatic heterocycles. The molecule has 2 aromatic rings. The number of ether oxygens (including phenoxy) is 1. The van der Waals surface area contributed by atoms with Crippen molar-refractivity contribution in [2.75, 3.05) is 17.4 Å². The smallest absolute Gasteiger partial charge is 0.224 e. The van der Waals surface area contributed by atoms with Gasteiger partial charge in [-0.2, -0.15) is 0 Å². The van der Waals surface area contributed by atoms with Gasteiger partial charge in [-0.25, -0.2) is 0 Å². The van der Waals surface area contributed by atoms with E-state index in [0.29, 0.717) is 6.54 Å². The molecule has 3 rings (SSSR count). The number of unbranched alkanes of at least 4 members (excludes halogenated alkanes) is 11. The number of nitrogens with zero attached hydrogens (tertiary/aromatic N) is 2. The predicted molar refractivity (Wildman–Crippen MR) is 192 cm³/mol. The van der Waals surface area contributed by atoms with Gasteiger partial charge in [-0.1, -0.05) is 123 Å². The fourth-order valence-electron chi connectivity index (χ4n) is 5.56. The second kappa shape index (κ2) is 20.2. The molecule has 1 amide bonds. The minimum Gasteiger partial charge on any atom is -0.493 e. The van der Waals surface area contributed by atoms with E-state index in [-0.39, 0.29) is 28.3 Å². The molecule has 0 unspecified atom stereocenters. The van der Waals surface area contributed by atoms with Crippen molar-refractivity contribution in [3.63, 3.8) is 0 Å². The zero-order valence-corrected chi connectivity index (χ0v) is 30.1. The Labute approximate surface area is 277 Å². The molecule has 0 bridgehead atoms. The van der Waals surface area contributed by atoms with Crippen molar-refractivity contribution in [2.24, 2.45) is 0 Å². The van der Waals surface area contributed by atoms with E-state index in [1.807, 2.05) is 11.0 Å². The average molecular weight is 674 g/mol. The summed E-state index contributed by atoms with van der Waals surface area (Å²) in [7, 11) is 0. The van der Waals surface area contributed by atoms with Crippen LogP contribution >= 0.6 is 28.7 Å². The second-order valence-electron chi connectivity index (χ2n) is 12.9. The van der Waals surface area contributed by atoms with E-state index in [9.17, 15) is 4.79 Å². The lowest BCUT2D eigenvalue weighted by Crippen LogP contribution is -2.28. The molecule has 1 aliphatic rings. The van der Waals surface area contributed by atoms with Crippen LogP contribution in [0.3, 0.4) is 0 Å². The van der Waals surface area contributed by atoms with Crippen LogP contribution in [0.15, 0.2) is 54.1 Å². The van der Waals surface area contributed by atoms with Gasteiger partial charge in [-0.05, 0) is 52.1 Å². The molecule has 4 nitrogen and oxygen atoms in total. The zero-order valence-electron chi connectivity index (χ0n) is 27.5. The fourth-order valence-corrected chi connectivity index (χ4v) is 6.28. The molecule has 1 aliphatic heterocycles. The normalized spacial score (nSPS) is 12.8. The average Bonchev–Trinajstić information content (AvgIpc) is 3.46. The lowest BCUT2D eigenvalue weighted by molar-refractivity contribution is -0.116. The summed E-state index contributed by atoms with van der Waals surface area (Å²) in [6.07, 6.45) is 18.2. The Bertz CT molecular complexity index is 1110. The second-order valence-corrected chi connectivity index (χ2v) is 13.8. The molecule has 0 atom stereocenters. The van der Waals surface area contributed by atoms with E-state index in [2.05, 4.69) is 80.6 Å². The van der Waals surface area contributed by atoms with Crippen LogP contribution in [-0.4, -0.2) is 23.3 Å². The Kier molecular flexibility index (Phi) is 17.5. The van der Waals surface area contributed by atoms with Crippen LogP contribution < -0.4 is 9.64 Å². The summed E-state index contributed by atoms with van der Waals surface area (Å²) < 4.78 is 6.42. The summed E-state index contributed by atoms with van der Waals surface area (Å²) in [4.78, 5) is 17.0. The highest BCUT2D eigenvalue weighted by Gasteiger charge is 2.21. The number of carbonyl (C=O) groups is 1. The first-order valence-corrected chi connectivity index (χ1v) is 17.5. The first-order valence-electron chi connectivity index (χ1n) is 16.4. The molecule has 1 heterocycles. The molecule has 0 aliphatic carbocycles. The summed E-state index contributed by atoms with van der Waals surface area (Å²) in [5, 5.41) is 2.13. The van der Waals surface area contributed by atoms with Gasteiger partial charge in [-0.3, -0.25) is 4.79 Å². The number of rotatable bonds is 19. The Balaban J connectivity index is 0.00000645. The SMILES string of the molecule is Br.CCCCCCCCCCCCCCOc1cc(CN(C(C)=O)c2cccc(CN3C=CSC3)c2)ccc1C(C)(C)C. The van der Waals surface area contributed by atoms with Crippen LogP contribution in [0, 0.1) is 0 Å². The molecule has 0 spiro atoms. The third-order valence-corrected chi connectivity index (χ3v) is 8.84. The summed E-state index contributed by atoms with van der Waals surface area (Å²) in [5.74, 6) is 1.98. The van der Waals surface area contributed by atoms with Crippen LogP contribution in [-0.2, 0) is 23.3 Å². The number of hydrogen-bond acceptors (Lipinski definition) is 4. The first-order chi connectivity index (χ1) is 20.3. The number of benzene rings is 2. The molecule has 0 N–H and O–H groups in total. The molecule has 43 heavy (non-hydrogen) atoms. The summed E-state index contributed by atoms with van der Waals surface area (Å²) in [5.41, 5.74) is 4.45. The standard InChI is InChI=1S/C37H56N2O2S.BrH/c1-6-7-8-9-10-11-12-13-14-15-16-17-24-41-36-27-33(21-22-35(36)37(3,4)5)29-39(31(2)40)34-20-18-19-32(26-34)28-38-23-25-42-30-38;/h18-23,25-27H,6-17,24,28-30H2,1-5H3;1H. The Morgan fingerprint density at radius 1 is 0.884 bits per heavy atom. The summed E-state index contributed by atoms with van der Waals surface area (Å²) in [6.45, 7) is 12.8. The molecular formula is C37H57BrN2O2S. The lowest BCUT2D eigenvalue weighted by atomic mass is 9.85. The Hall–Kier alpha value is -1.92. The monoisotopic (exact) mass is 672 g/mol. The molecule has 2 aromatic carbocycles. The molecular weight excluding hydrogens is 616 g/mol. The lowest BCUT2D eigenvalue weighted by Gasteiger charge is -2.26. The van der Waals surface area contributed by atoms with Gasteiger partial charge in [0, 0.05) is 25.4 Å². The highest BCUT2D eigenvalue weighted by atomic mass is 79.9. The van der Waals surface area contributed by atoms with Crippen LogP contribution in [0.25, 0.3) is 0 Å². The zero-order chi connectivity index (χ0) is 30.2. The number of anilines is 1. The van der Waals surface area contributed by atoms with Crippen molar-refractivity contribution >= 4 is 40.3 Å². The first kappa shape index (κ1) is 37.3. The number of halogens is 1. The summed E-state index contributed by atoms with van der Waals surface area (Å²) >= 11 is 1.81. The number of hydrogen-bond donors (Lipinski definition) is 0. The largest absolute Gasteiger partial charge is 0.493 e. The van der Waals surface area contributed by atoms with Crippen molar-refractivity contribution < 1.29 is 9.53 Å². The number of amides is 1. The molecule has 0 saturated heterocycles. The van der Waals surface area contributed by atoms with E-state index in [1.165, 1.54) is 81.8 Å². The predicted octanol–water partition coefficient (Wildman–Crippen LogP) is 11.2.